The SMILES string of the molecule is Brc1cc(-c2ccncc2)cc(-c2cc(-c3cccc4sc5ccccc5c34)nc(-c3ccccc3)n2)c1. The van der Waals surface area contributed by atoms with Crippen LogP contribution >= 0.6 is 27.3 Å². The molecule has 7 rings (SSSR count). The first-order chi connectivity index (χ1) is 18.7. The minimum absolute atomic E-state index is 0.708. The van der Waals surface area contributed by atoms with E-state index in [0.717, 1.165) is 43.7 Å². The topological polar surface area (TPSA) is 38.7 Å². The fourth-order valence-corrected chi connectivity index (χ4v) is 6.51. The minimum Gasteiger partial charge on any atom is -0.265 e. The van der Waals surface area contributed by atoms with E-state index in [2.05, 4.69) is 99.8 Å². The molecule has 0 atom stereocenters. The van der Waals surface area contributed by atoms with E-state index in [1.54, 1.807) is 0 Å². The third kappa shape index (κ3) is 4.20. The van der Waals surface area contributed by atoms with Crippen molar-refractivity contribution in [1.82, 2.24) is 15.0 Å². The first-order valence-corrected chi connectivity index (χ1v) is 13.9. The summed E-state index contributed by atoms with van der Waals surface area (Å²) in [6.07, 6.45) is 3.64. The summed E-state index contributed by atoms with van der Waals surface area (Å²) in [7, 11) is 0. The number of thiophene rings is 1. The monoisotopic (exact) mass is 569 g/mol. The Balaban J connectivity index is 1.49. The zero-order valence-electron chi connectivity index (χ0n) is 20.2. The van der Waals surface area contributed by atoms with E-state index in [4.69, 9.17) is 9.97 Å². The van der Waals surface area contributed by atoms with Crippen molar-refractivity contribution < 1.29 is 0 Å². The van der Waals surface area contributed by atoms with E-state index in [-0.39, 0.29) is 0 Å². The van der Waals surface area contributed by atoms with Gasteiger partial charge in [-0.05, 0) is 59.7 Å². The number of hydrogen-bond acceptors (Lipinski definition) is 4. The van der Waals surface area contributed by atoms with Crippen LogP contribution in [0.1, 0.15) is 0 Å². The average Bonchev–Trinajstić information content (AvgIpc) is 3.36. The van der Waals surface area contributed by atoms with Crippen LogP contribution < -0.4 is 0 Å². The molecule has 0 saturated carbocycles. The summed E-state index contributed by atoms with van der Waals surface area (Å²) in [5, 5.41) is 2.50. The number of aromatic nitrogens is 3. The molecule has 7 aromatic rings. The molecule has 0 N–H and O–H groups in total. The molecule has 5 heteroatoms. The van der Waals surface area contributed by atoms with Gasteiger partial charge >= 0.3 is 0 Å². The van der Waals surface area contributed by atoms with Crippen LogP contribution in [-0.4, -0.2) is 15.0 Å². The van der Waals surface area contributed by atoms with Gasteiger partial charge in [-0.2, -0.15) is 0 Å². The molecule has 180 valence electrons. The lowest BCUT2D eigenvalue weighted by atomic mass is 9.99. The maximum Gasteiger partial charge on any atom is 0.160 e. The Bertz CT molecular complexity index is 1930. The van der Waals surface area contributed by atoms with Gasteiger partial charge in [0, 0.05) is 53.7 Å². The number of benzene rings is 4. The molecule has 0 aliphatic rings. The fraction of sp³-hybridized carbons (Fsp3) is 0. The molecule has 0 fully saturated rings. The van der Waals surface area contributed by atoms with Gasteiger partial charge in [0.05, 0.1) is 11.4 Å². The maximum absolute atomic E-state index is 5.11. The largest absolute Gasteiger partial charge is 0.265 e. The third-order valence-corrected chi connectivity index (χ3v) is 8.24. The highest BCUT2D eigenvalue weighted by molar-refractivity contribution is 9.10. The van der Waals surface area contributed by atoms with Gasteiger partial charge in [-0.1, -0.05) is 76.6 Å². The van der Waals surface area contributed by atoms with Crippen molar-refractivity contribution in [3.05, 3.63) is 126 Å². The summed E-state index contributed by atoms with van der Waals surface area (Å²) in [6.45, 7) is 0. The second-order valence-corrected chi connectivity index (χ2v) is 11.1. The molecule has 0 saturated heterocycles. The van der Waals surface area contributed by atoms with Crippen LogP contribution in [0.2, 0.25) is 0 Å². The number of pyridine rings is 1. The lowest BCUT2D eigenvalue weighted by molar-refractivity contribution is 1.18. The number of rotatable bonds is 4. The Labute approximate surface area is 232 Å². The van der Waals surface area contributed by atoms with Crippen molar-refractivity contribution in [2.45, 2.75) is 0 Å². The molecule has 3 heterocycles. The molecule has 0 unspecified atom stereocenters. The maximum atomic E-state index is 5.11. The lowest BCUT2D eigenvalue weighted by Gasteiger charge is -2.12. The number of hydrogen-bond donors (Lipinski definition) is 0. The van der Waals surface area contributed by atoms with Crippen LogP contribution in [0.4, 0.5) is 0 Å². The predicted octanol–water partition coefficient (Wildman–Crippen LogP) is 9.67. The summed E-state index contributed by atoms with van der Waals surface area (Å²) < 4.78 is 3.53. The third-order valence-electron chi connectivity index (χ3n) is 6.64. The van der Waals surface area contributed by atoms with E-state index in [1.807, 2.05) is 54.1 Å². The van der Waals surface area contributed by atoms with Gasteiger partial charge < -0.3 is 0 Å². The van der Waals surface area contributed by atoms with Crippen LogP contribution in [0.25, 0.3) is 65.2 Å². The highest BCUT2D eigenvalue weighted by atomic mass is 79.9. The van der Waals surface area contributed by atoms with Gasteiger partial charge in [0.25, 0.3) is 0 Å². The Hall–Kier alpha value is -4.19. The second-order valence-electron chi connectivity index (χ2n) is 9.07. The van der Waals surface area contributed by atoms with E-state index in [9.17, 15) is 0 Å². The summed E-state index contributed by atoms with van der Waals surface area (Å²) in [5.74, 6) is 0.708. The summed E-state index contributed by atoms with van der Waals surface area (Å²) >= 11 is 5.55. The van der Waals surface area contributed by atoms with Crippen molar-refractivity contribution in [2.75, 3.05) is 0 Å². The average molecular weight is 571 g/mol. The fourth-order valence-electron chi connectivity index (χ4n) is 4.89. The van der Waals surface area contributed by atoms with E-state index in [0.29, 0.717) is 5.82 Å². The summed E-state index contributed by atoms with van der Waals surface area (Å²) in [5.41, 5.74) is 7.12. The molecule has 4 aromatic carbocycles. The van der Waals surface area contributed by atoms with Gasteiger partial charge in [0.1, 0.15) is 0 Å². The lowest BCUT2D eigenvalue weighted by Crippen LogP contribution is -1.96. The van der Waals surface area contributed by atoms with Gasteiger partial charge in [0.15, 0.2) is 5.82 Å². The number of fused-ring (bicyclic) bond motifs is 3. The number of nitrogens with zero attached hydrogens (tertiary/aromatic N) is 3. The summed E-state index contributed by atoms with van der Waals surface area (Å²) in [4.78, 5) is 14.4. The first-order valence-electron chi connectivity index (χ1n) is 12.3. The molecule has 0 bridgehead atoms. The molecule has 0 aliphatic heterocycles. The predicted molar refractivity (Wildman–Crippen MR) is 162 cm³/mol. The number of halogens is 1. The van der Waals surface area contributed by atoms with Crippen LogP contribution in [0.5, 0.6) is 0 Å². The van der Waals surface area contributed by atoms with E-state index >= 15 is 0 Å². The van der Waals surface area contributed by atoms with Crippen LogP contribution in [0.15, 0.2) is 126 Å². The molecule has 3 nitrogen and oxygen atoms in total. The minimum atomic E-state index is 0.708. The molecule has 0 amide bonds. The van der Waals surface area contributed by atoms with Crippen LogP contribution in [-0.2, 0) is 0 Å². The van der Waals surface area contributed by atoms with Crippen molar-refractivity contribution in [3.8, 4) is 45.0 Å². The molecular formula is C33H20BrN3S. The van der Waals surface area contributed by atoms with Crippen molar-refractivity contribution in [3.63, 3.8) is 0 Å². The summed E-state index contributed by atoms with van der Waals surface area (Å²) in [6, 6.07) is 37.9. The van der Waals surface area contributed by atoms with Gasteiger partial charge in [-0.3, -0.25) is 4.98 Å². The zero-order valence-corrected chi connectivity index (χ0v) is 22.6. The molecule has 0 aliphatic carbocycles. The normalized spacial score (nSPS) is 11.3. The van der Waals surface area contributed by atoms with Gasteiger partial charge in [-0.15, -0.1) is 11.3 Å². The molecular weight excluding hydrogens is 550 g/mol. The first kappa shape index (κ1) is 23.0. The Morgan fingerprint density at radius 2 is 1.29 bits per heavy atom. The van der Waals surface area contributed by atoms with E-state index in [1.165, 1.54) is 20.2 Å². The molecule has 0 spiro atoms. The Morgan fingerprint density at radius 1 is 0.553 bits per heavy atom. The quantitative estimate of drug-likeness (QED) is 0.212. The second kappa shape index (κ2) is 9.60. The zero-order chi connectivity index (χ0) is 25.5. The van der Waals surface area contributed by atoms with Crippen LogP contribution in [0.3, 0.4) is 0 Å². The molecule has 3 aromatic heterocycles. The smallest absolute Gasteiger partial charge is 0.160 e. The molecule has 0 radical (unpaired) electrons. The van der Waals surface area contributed by atoms with Crippen molar-refractivity contribution in [2.24, 2.45) is 0 Å². The molecule has 38 heavy (non-hydrogen) atoms. The Morgan fingerprint density at radius 3 is 2.16 bits per heavy atom. The van der Waals surface area contributed by atoms with Gasteiger partial charge in [-0.25, -0.2) is 9.97 Å². The standard InChI is InChI=1S/C33H20BrN3S/c34-25-18-23(21-13-15-35-16-14-21)17-24(19-25)28-20-29(37-33(36-28)22-7-2-1-3-8-22)26-10-6-12-31-32(26)27-9-4-5-11-30(27)38-31/h1-20H. The van der Waals surface area contributed by atoms with E-state index < -0.39 is 0 Å². The van der Waals surface area contributed by atoms with Crippen LogP contribution in [0, 0.1) is 0 Å². The van der Waals surface area contributed by atoms with Gasteiger partial charge in [0.2, 0.25) is 0 Å². The van der Waals surface area contributed by atoms with Crippen molar-refractivity contribution in [1.29, 1.82) is 0 Å². The Kier molecular flexibility index (Phi) is 5.80. The highest BCUT2D eigenvalue weighted by Gasteiger charge is 2.16. The van der Waals surface area contributed by atoms with Crippen molar-refractivity contribution >= 4 is 47.4 Å². The highest BCUT2D eigenvalue weighted by Crippen LogP contribution is 2.40.